The van der Waals surface area contributed by atoms with Crippen molar-refractivity contribution in [1.82, 2.24) is 15.0 Å². The van der Waals surface area contributed by atoms with Gasteiger partial charge in [-0.05, 0) is 61.7 Å². The molecule has 0 unspecified atom stereocenters. The van der Waals surface area contributed by atoms with E-state index >= 15 is 0 Å². The Bertz CT molecular complexity index is 1400. The fourth-order valence-electron chi connectivity index (χ4n) is 3.84. The standard InChI is InChI=1S/C27H26N4S/c1-6-8-16(3)20(7-2)19-10-11-23(28)21(13-19)18(5)27-30-24-15-29-14-22(26(24)31-27)25-12-9-17(4)32-25/h6-15H,1,5,28H2,2-4H3,(H,30,31)/b16-8-,20-7+. The number of aromatic nitrogens is 3. The summed E-state index contributed by atoms with van der Waals surface area (Å²) in [7, 11) is 0. The molecule has 3 N–H and O–H groups in total. The van der Waals surface area contributed by atoms with Crippen molar-refractivity contribution in [3.63, 3.8) is 0 Å². The first kappa shape index (κ1) is 21.5. The molecular weight excluding hydrogens is 412 g/mol. The van der Waals surface area contributed by atoms with Gasteiger partial charge in [-0.3, -0.25) is 4.98 Å². The van der Waals surface area contributed by atoms with Crippen LogP contribution in [0.25, 0.3) is 32.6 Å². The van der Waals surface area contributed by atoms with Gasteiger partial charge in [0.2, 0.25) is 0 Å². The summed E-state index contributed by atoms with van der Waals surface area (Å²) in [6.07, 6.45) is 9.55. The quantitative estimate of drug-likeness (QED) is 0.248. The Balaban J connectivity index is 1.78. The number of pyridine rings is 1. The first-order chi connectivity index (χ1) is 15.4. The van der Waals surface area contributed by atoms with E-state index in [1.165, 1.54) is 4.88 Å². The zero-order valence-electron chi connectivity index (χ0n) is 18.6. The van der Waals surface area contributed by atoms with Gasteiger partial charge in [-0.1, -0.05) is 37.5 Å². The molecule has 0 bridgehead atoms. The topological polar surface area (TPSA) is 67.6 Å². The zero-order valence-corrected chi connectivity index (χ0v) is 19.4. The van der Waals surface area contributed by atoms with Gasteiger partial charge in [-0.2, -0.15) is 0 Å². The number of hydrogen-bond acceptors (Lipinski definition) is 4. The summed E-state index contributed by atoms with van der Waals surface area (Å²) in [4.78, 5) is 15.1. The minimum atomic E-state index is 0.659. The van der Waals surface area contributed by atoms with Crippen LogP contribution >= 0.6 is 11.3 Å². The highest BCUT2D eigenvalue weighted by Crippen LogP contribution is 2.35. The van der Waals surface area contributed by atoms with E-state index in [4.69, 9.17) is 10.7 Å². The predicted octanol–water partition coefficient (Wildman–Crippen LogP) is 7.17. The molecule has 0 radical (unpaired) electrons. The van der Waals surface area contributed by atoms with E-state index < -0.39 is 0 Å². The maximum Gasteiger partial charge on any atom is 0.138 e. The third-order valence-electron chi connectivity index (χ3n) is 5.46. The molecule has 0 spiro atoms. The molecule has 3 aromatic heterocycles. The van der Waals surface area contributed by atoms with Crippen LogP contribution in [0.1, 0.15) is 35.7 Å². The highest BCUT2D eigenvalue weighted by Gasteiger charge is 2.16. The van der Waals surface area contributed by atoms with Gasteiger partial charge in [0.1, 0.15) is 11.3 Å². The molecule has 5 heteroatoms. The minimum Gasteiger partial charge on any atom is -0.398 e. The van der Waals surface area contributed by atoms with E-state index in [9.17, 15) is 0 Å². The lowest BCUT2D eigenvalue weighted by Crippen LogP contribution is -1.98. The number of rotatable bonds is 6. The Hall–Kier alpha value is -3.70. The minimum absolute atomic E-state index is 0.659. The van der Waals surface area contributed by atoms with Crippen molar-refractivity contribution in [2.24, 2.45) is 0 Å². The molecule has 160 valence electrons. The smallest absolute Gasteiger partial charge is 0.138 e. The summed E-state index contributed by atoms with van der Waals surface area (Å²) < 4.78 is 0. The summed E-state index contributed by atoms with van der Waals surface area (Å²) in [6, 6.07) is 10.2. The first-order valence-corrected chi connectivity index (χ1v) is 11.2. The number of anilines is 1. The molecule has 0 amide bonds. The van der Waals surface area contributed by atoms with Crippen LogP contribution in [-0.4, -0.2) is 15.0 Å². The second kappa shape index (κ2) is 8.81. The van der Waals surface area contributed by atoms with Crippen molar-refractivity contribution in [2.75, 3.05) is 5.73 Å². The number of fused-ring (bicyclic) bond motifs is 1. The predicted molar refractivity (Wildman–Crippen MR) is 139 cm³/mol. The maximum atomic E-state index is 6.36. The molecule has 4 rings (SSSR count). The molecule has 32 heavy (non-hydrogen) atoms. The number of nitrogen functional groups attached to an aromatic ring is 1. The zero-order chi connectivity index (χ0) is 22.8. The fourth-order valence-corrected chi connectivity index (χ4v) is 4.72. The number of imidazole rings is 1. The number of benzene rings is 1. The number of thiophene rings is 1. The van der Waals surface area contributed by atoms with Crippen LogP contribution in [0.5, 0.6) is 0 Å². The van der Waals surface area contributed by atoms with Gasteiger partial charge in [0, 0.05) is 38.3 Å². The Kier molecular flexibility index (Phi) is 5.93. The number of hydrogen-bond donors (Lipinski definition) is 2. The lowest BCUT2D eigenvalue weighted by atomic mass is 9.94. The van der Waals surface area contributed by atoms with Gasteiger partial charge < -0.3 is 10.7 Å². The first-order valence-electron chi connectivity index (χ1n) is 10.4. The van der Waals surface area contributed by atoms with E-state index in [0.717, 1.165) is 49.3 Å². The number of aryl methyl sites for hydroxylation is 1. The molecule has 4 aromatic rings. The fraction of sp³-hybridized carbons (Fsp3) is 0.111. The van der Waals surface area contributed by atoms with Gasteiger partial charge in [0.05, 0.1) is 11.7 Å². The lowest BCUT2D eigenvalue weighted by molar-refractivity contribution is 1.26. The number of nitrogens with zero attached hydrogens (tertiary/aromatic N) is 2. The van der Waals surface area contributed by atoms with Crippen LogP contribution in [0.3, 0.4) is 0 Å². The van der Waals surface area contributed by atoms with Crippen LogP contribution in [0.15, 0.2) is 79.7 Å². The Morgan fingerprint density at radius 3 is 2.69 bits per heavy atom. The summed E-state index contributed by atoms with van der Waals surface area (Å²) in [5, 5.41) is 0. The summed E-state index contributed by atoms with van der Waals surface area (Å²) >= 11 is 1.73. The molecule has 0 aliphatic rings. The maximum absolute atomic E-state index is 6.36. The number of nitrogens with two attached hydrogens (primary N) is 1. The van der Waals surface area contributed by atoms with E-state index in [1.54, 1.807) is 23.6 Å². The monoisotopic (exact) mass is 438 g/mol. The summed E-state index contributed by atoms with van der Waals surface area (Å²) in [6.45, 7) is 14.3. The number of H-pyrrole nitrogens is 1. The third kappa shape index (κ3) is 3.95. The second-order valence-electron chi connectivity index (χ2n) is 7.65. The second-order valence-corrected chi connectivity index (χ2v) is 8.94. The van der Waals surface area contributed by atoms with E-state index in [0.29, 0.717) is 11.5 Å². The molecular formula is C27H26N4S. The average Bonchev–Trinajstić information content (AvgIpc) is 3.41. The van der Waals surface area contributed by atoms with E-state index in [-0.39, 0.29) is 0 Å². The molecule has 0 atom stereocenters. The van der Waals surface area contributed by atoms with Crippen LogP contribution in [0.2, 0.25) is 0 Å². The number of allylic oxidation sites excluding steroid dienone is 5. The van der Waals surface area contributed by atoms with Gasteiger partial charge in [0.15, 0.2) is 0 Å². The molecule has 0 aliphatic carbocycles. The Labute approximate surface area is 192 Å². The average molecular weight is 439 g/mol. The van der Waals surface area contributed by atoms with Gasteiger partial charge >= 0.3 is 0 Å². The molecule has 0 saturated heterocycles. The van der Waals surface area contributed by atoms with Crippen molar-refractivity contribution in [2.45, 2.75) is 20.8 Å². The van der Waals surface area contributed by atoms with E-state index in [2.05, 4.69) is 61.2 Å². The number of nitrogens with one attached hydrogen (secondary N) is 1. The van der Waals surface area contributed by atoms with Crippen molar-refractivity contribution in [3.05, 3.63) is 102 Å². The SMILES string of the molecule is C=C/C=C(C)\C(=C/C)c1ccc(N)c(C(=C)c2nc3c(-c4ccc(C)s4)cncc3[nH]2)c1. The lowest BCUT2D eigenvalue weighted by Gasteiger charge is -2.13. The third-order valence-corrected chi connectivity index (χ3v) is 6.49. The highest BCUT2D eigenvalue weighted by atomic mass is 32.1. The van der Waals surface area contributed by atoms with Crippen molar-refractivity contribution in [1.29, 1.82) is 0 Å². The largest absolute Gasteiger partial charge is 0.398 e. The van der Waals surface area contributed by atoms with Crippen LogP contribution < -0.4 is 5.73 Å². The van der Waals surface area contributed by atoms with E-state index in [1.807, 2.05) is 31.3 Å². The number of aromatic amines is 1. The molecule has 1 aromatic carbocycles. The molecule has 4 nitrogen and oxygen atoms in total. The van der Waals surface area contributed by atoms with Crippen LogP contribution in [0, 0.1) is 6.92 Å². The van der Waals surface area contributed by atoms with Crippen LogP contribution in [-0.2, 0) is 0 Å². The van der Waals surface area contributed by atoms with Crippen LogP contribution in [0.4, 0.5) is 5.69 Å². The highest BCUT2D eigenvalue weighted by molar-refractivity contribution is 7.15. The van der Waals surface area contributed by atoms with Crippen molar-refractivity contribution < 1.29 is 0 Å². The summed E-state index contributed by atoms with van der Waals surface area (Å²) in [5.74, 6) is 0.687. The summed E-state index contributed by atoms with van der Waals surface area (Å²) in [5.41, 5.74) is 14.7. The van der Waals surface area contributed by atoms with Gasteiger partial charge in [-0.15, -0.1) is 11.3 Å². The van der Waals surface area contributed by atoms with Gasteiger partial charge in [0.25, 0.3) is 0 Å². The molecule has 3 heterocycles. The van der Waals surface area contributed by atoms with Crippen molar-refractivity contribution >= 4 is 39.2 Å². The normalized spacial score (nSPS) is 12.3. The molecule has 0 fully saturated rings. The van der Waals surface area contributed by atoms with Crippen molar-refractivity contribution in [3.8, 4) is 10.4 Å². The molecule has 0 saturated carbocycles. The Morgan fingerprint density at radius 1 is 1.19 bits per heavy atom. The Morgan fingerprint density at radius 2 is 2.00 bits per heavy atom. The van der Waals surface area contributed by atoms with Gasteiger partial charge in [-0.25, -0.2) is 4.98 Å². The molecule has 0 aliphatic heterocycles.